The molecule has 0 saturated carbocycles. The van der Waals surface area contributed by atoms with Crippen molar-refractivity contribution in [1.29, 1.82) is 0 Å². The van der Waals surface area contributed by atoms with Crippen molar-refractivity contribution in [3.05, 3.63) is 29.4 Å². The number of hydrogen-bond donors (Lipinski definition) is 0. The molecule has 0 amide bonds. The molecule has 5 heteroatoms. The van der Waals surface area contributed by atoms with E-state index in [2.05, 4.69) is 26.1 Å². The van der Waals surface area contributed by atoms with Crippen molar-refractivity contribution in [2.24, 2.45) is 0 Å². The number of halogens is 1. The number of piperidine rings is 1. The highest BCUT2D eigenvalue weighted by Crippen LogP contribution is 2.30. The minimum absolute atomic E-state index is 0.491. The number of hydrogen-bond acceptors (Lipinski definition) is 4. The Kier molecular flexibility index (Phi) is 3.43. The van der Waals surface area contributed by atoms with Gasteiger partial charge in [-0.25, -0.2) is 0 Å². The zero-order valence-electron chi connectivity index (χ0n) is 12.0. The second-order valence-corrected chi connectivity index (χ2v) is 6.35. The number of aromatic nitrogens is 2. The Bertz CT molecular complexity index is 660. The molecule has 1 atom stereocenters. The highest BCUT2D eigenvalue weighted by atomic mass is 35.5. The van der Waals surface area contributed by atoms with Gasteiger partial charge in [-0.15, -0.1) is 10.2 Å². The second kappa shape index (κ2) is 5.43. The number of anilines is 1. The van der Waals surface area contributed by atoms with E-state index in [-0.39, 0.29) is 0 Å². The van der Waals surface area contributed by atoms with Crippen LogP contribution in [0.15, 0.2) is 24.3 Å². The average Bonchev–Trinajstić information content (AvgIpc) is 2.55. The first kappa shape index (κ1) is 13.3. The Morgan fingerprint density at radius 3 is 2.76 bits per heavy atom. The second-order valence-electron chi connectivity index (χ2n) is 5.99. The predicted molar refractivity (Wildman–Crippen MR) is 86.0 cm³/mol. The maximum absolute atomic E-state index is 6.18. The van der Waals surface area contributed by atoms with E-state index in [1.165, 1.54) is 25.8 Å². The van der Waals surface area contributed by atoms with Crippen LogP contribution in [0.2, 0.25) is 5.15 Å². The molecule has 0 aliphatic carbocycles. The SMILES string of the molecule is Clc1nnc(N2CCN3CCCCC3C2)c2ccccc12. The fraction of sp³-hybridized carbons (Fsp3) is 0.500. The number of rotatable bonds is 1. The van der Waals surface area contributed by atoms with Crippen LogP contribution in [-0.2, 0) is 0 Å². The molecule has 1 aromatic heterocycles. The van der Waals surface area contributed by atoms with Gasteiger partial charge in [-0.2, -0.15) is 0 Å². The summed E-state index contributed by atoms with van der Waals surface area (Å²) in [5, 5.41) is 11.1. The van der Waals surface area contributed by atoms with Crippen LogP contribution < -0.4 is 4.90 Å². The molecule has 2 aliphatic heterocycles. The molecule has 1 unspecified atom stereocenters. The summed E-state index contributed by atoms with van der Waals surface area (Å²) in [7, 11) is 0. The van der Waals surface area contributed by atoms with Crippen LogP contribution in [-0.4, -0.2) is 47.3 Å². The summed E-state index contributed by atoms with van der Waals surface area (Å²) in [6.07, 6.45) is 4.00. The highest BCUT2D eigenvalue weighted by molar-refractivity contribution is 6.34. The lowest BCUT2D eigenvalue weighted by Crippen LogP contribution is -2.55. The van der Waals surface area contributed by atoms with Crippen molar-refractivity contribution in [2.45, 2.75) is 25.3 Å². The molecule has 110 valence electrons. The molecule has 0 radical (unpaired) electrons. The summed E-state index contributed by atoms with van der Waals surface area (Å²) in [6.45, 7) is 4.46. The van der Waals surface area contributed by atoms with E-state index in [0.29, 0.717) is 11.2 Å². The molecule has 2 fully saturated rings. The summed E-state index contributed by atoms with van der Waals surface area (Å²) >= 11 is 6.18. The molecule has 1 aromatic carbocycles. The quantitative estimate of drug-likeness (QED) is 0.811. The topological polar surface area (TPSA) is 32.3 Å². The molecule has 21 heavy (non-hydrogen) atoms. The predicted octanol–water partition coefficient (Wildman–Crippen LogP) is 2.96. The van der Waals surface area contributed by atoms with Crippen molar-refractivity contribution < 1.29 is 0 Å². The molecular formula is C16H19ClN4. The third kappa shape index (κ3) is 2.36. The smallest absolute Gasteiger partial charge is 0.159 e. The Balaban J connectivity index is 1.69. The van der Waals surface area contributed by atoms with E-state index in [0.717, 1.165) is 36.2 Å². The Morgan fingerprint density at radius 2 is 1.86 bits per heavy atom. The van der Waals surface area contributed by atoms with Crippen LogP contribution in [0.1, 0.15) is 19.3 Å². The van der Waals surface area contributed by atoms with Gasteiger partial charge in [-0.05, 0) is 19.4 Å². The van der Waals surface area contributed by atoms with E-state index >= 15 is 0 Å². The third-order valence-electron chi connectivity index (χ3n) is 4.76. The van der Waals surface area contributed by atoms with Gasteiger partial charge >= 0.3 is 0 Å². The first-order chi connectivity index (χ1) is 10.3. The highest BCUT2D eigenvalue weighted by Gasteiger charge is 2.30. The van der Waals surface area contributed by atoms with E-state index in [4.69, 9.17) is 11.6 Å². The minimum atomic E-state index is 0.491. The fourth-order valence-electron chi connectivity index (χ4n) is 3.64. The van der Waals surface area contributed by atoms with E-state index in [9.17, 15) is 0 Å². The van der Waals surface area contributed by atoms with Crippen molar-refractivity contribution in [1.82, 2.24) is 15.1 Å². The van der Waals surface area contributed by atoms with Crippen LogP contribution in [0.25, 0.3) is 10.8 Å². The average molecular weight is 303 g/mol. The zero-order valence-corrected chi connectivity index (χ0v) is 12.8. The van der Waals surface area contributed by atoms with Crippen molar-refractivity contribution >= 4 is 28.2 Å². The molecule has 4 rings (SSSR count). The van der Waals surface area contributed by atoms with Crippen LogP contribution in [0, 0.1) is 0 Å². The molecule has 0 bridgehead atoms. The standard InChI is InChI=1S/C16H19ClN4/c17-15-13-6-1-2-7-14(13)16(19-18-15)21-10-9-20-8-4-3-5-12(20)11-21/h1-2,6-7,12H,3-5,8-11H2. The van der Waals surface area contributed by atoms with Crippen molar-refractivity contribution in [3.63, 3.8) is 0 Å². The fourth-order valence-corrected chi connectivity index (χ4v) is 3.84. The molecule has 2 saturated heterocycles. The summed E-state index contributed by atoms with van der Waals surface area (Å²) in [5.41, 5.74) is 0. The zero-order chi connectivity index (χ0) is 14.2. The van der Waals surface area contributed by atoms with E-state index < -0.39 is 0 Å². The summed E-state index contributed by atoms with van der Waals surface area (Å²) in [6, 6.07) is 8.83. The van der Waals surface area contributed by atoms with Gasteiger partial charge in [0.05, 0.1) is 0 Å². The molecule has 0 spiro atoms. The van der Waals surface area contributed by atoms with Crippen molar-refractivity contribution in [3.8, 4) is 0 Å². The summed E-state index contributed by atoms with van der Waals surface area (Å²) in [5.74, 6) is 0.986. The number of nitrogens with zero attached hydrogens (tertiary/aromatic N) is 4. The molecule has 2 aromatic rings. The lowest BCUT2D eigenvalue weighted by molar-refractivity contribution is 0.133. The van der Waals surface area contributed by atoms with Crippen LogP contribution in [0.5, 0.6) is 0 Å². The van der Waals surface area contributed by atoms with Crippen molar-refractivity contribution in [2.75, 3.05) is 31.1 Å². The number of fused-ring (bicyclic) bond motifs is 2. The Morgan fingerprint density at radius 1 is 1.00 bits per heavy atom. The van der Waals surface area contributed by atoms with Gasteiger partial charge in [0.15, 0.2) is 11.0 Å². The largest absolute Gasteiger partial charge is 0.352 e. The monoisotopic (exact) mass is 302 g/mol. The molecule has 3 heterocycles. The van der Waals surface area contributed by atoms with Gasteiger partial charge in [0.2, 0.25) is 0 Å². The van der Waals surface area contributed by atoms with Crippen LogP contribution >= 0.6 is 11.6 Å². The van der Waals surface area contributed by atoms with Gasteiger partial charge in [-0.1, -0.05) is 42.3 Å². The van der Waals surface area contributed by atoms with Gasteiger partial charge < -0.3 is 4.90 Å². The van der Waals surface area contributed by atoms with Gasteiger partial charge in [0, 0.05) is 36.4 Å². The number of piperazine rings is 1. The maximum atomic E-state index is 6.18. The van der Waals surface area contributed by atoms with Gasteiger partial charge in [-0.3, -0.25) is 4.90 Å². The molecule has 0 N–H and O–H groups in total. The van der Waals surface area contributed by atoms with E-state index in [1.54, 1.807) is 0 Å². The van der Waals surface area contributed by atoms with Crippen LogP contribution in [0.3, 0.4) is 0 Å². The lowest BCUT2D eigenvalue weighted by atomic mass is 9.99. The summed E-state index contributed by atoms with van der Waals surface area (Å²) in [4.78, 5) is 5.02. The lowest BCUT2D eigenvalue weighted by Gasteiger charge is -2.44. The third-order valence-corrected chi connectivity index (χ3v) is 5.04. The normalized spacial score (nSPS) is 23.3. The minimum Gasteiger partial charge on any atom is -0.352 e. The van der Waals surface area contributed by atoms with Gasteiger partial charge in [0.25, 0.3) is 0 Å². The van der Waals surface area contributed by atoms with E-state index in [1.807, 2.05) is 18.2 Å². The maximum Gasteiger partial charge on any atom is 0.159 e. The summed E-state index contributed by atoms with van der Waals surface area (Å²) < 4.78 is 0. The first-order valence-corrected chi connectivity index (χ1v) is 8.10. The van der Waals surface area contributed by atoms with Gasteiger partial charge in [0.1, 0.15) is 0 Å². The molecular weight excluding hydrogens is 284 g/mol. The Hall–Kier alpha value is -1.39. The molecule has 4 nitrogen and oxygen atoms in total. The molecule has 2 aliphatic rings. The Labute approximate surface area is 129 Å². The first-order valence-electron chi connectivity index (χ1n) is 7.73. The van der Waals surface area contributed by atoms with Crippen LogP contribution in [0.4, 0.5) is 5.82 Å². The number of benzene rings is 1.